The van der Waals surface area contributed by atoms with E-state index in [1.807, 2.05) is 13.0 Å². The second-order valence-corrected chi connectivity index (χ2v) is 5.92. The van der Waals surface area contributed by atoms with Gasteiger partial charge in [0.15, 0.2) is 0 Å². The Balaban J connectivity index is 2.75. The standard InChI is InChI=1S/C12H14Br2ClNO/c1-2-11(3-4-15)16-12(17)8-5-9(13)7-10(14)6-8/h5-7,11H,2-4H2,1H3,(H,16,17). The summed E-state index contributed by atoms with van der Waals surface area (Å²) in [6.07, 6.45) is 1.67. The van der Waals surface area contributed by atoms with E-state index in [4.69, 9.17) is 11.6 Å². The van der Waals surface area contributed by atoms with E-state index in [-0.39, 0.29) is 11.9 Å². The maximum Gasteiger partial charge on any atom is 0.251 e. The van der Waals surface area contributed by atoms with Crippen molar-refractivity contribution >= 4 is 49.4 Å². The van der Waals surface area contributed by atoms with E-state index in [2.05, 4.69) is 37.2 Å². The molecule has 2 nitrogen and oxygen atoms in total. The van der Waals surface area contributed by atoms with Gasteiger partial charge in [0.2, 0.25) is 0 Å². The first kappa shape index (κ1) is 15.0. The lowest BCUT2D eigenvalue weighted by Gasteiger charge is -2.15. The minimum atomic E-state index is -0.0658. The molecule has 0 bridgehead atoms. The van der Waals surface area contributed by atoms with Crippen molar-refractivity contribution in [2.24, 2.45) is 0 Å². The van der Waals surface area contributed by atoms with Gasteiger partial charge in [-0.15, -0.1) is 11.6 Å². The van der Waals surface area contributed by atoms with E-state index >= 15 is 0 Å². The topological polar surface area (TPSA) is 29.1 Å². The fourth-order valence-corrected chi connectivity index (χ4v) is 3.02. The number of rotatable bonds is 5. The predicted molar refractivity (Wildman–Crippen MR) is 78.7 cm³/mol. The smallest absolute Gasteiger partial charge is 0.251 e. The lowest BCUT2D eigenvalue weighted by molar-refractivity contribution is 0.0935. The van der Waals surface area contributed by atoms with Crippen molar-refractivity contribution in [3.63, 3.8) is 0 Å². The van der Waals surface area contributed by atoms with E-state index in [9.17, 15) is 4.79 Å². The summed E-state index contributed by atoms with van der Waals surface area (Å²) in [5, 5.41) is 2.97. The molecule has 0 fully saturated rings. The number of carbonyl (C=O) groups is 1. The van der Waals surface area contributed by atoms with E-state index in [0.29, 0.717) is 11.4 Å². The number of hydrogen-bond acceptors (Lipinski definition) is 1. The van der Waals surface area contributed by atoms with Crippen molar-refractivity contribution in [2.75, 3.05) is 5.88 Å². The van der Waals surface area contributed by atoms with Gasteiger partial charge in [-0.25, -0.2) is 0 Å². The number of carbonyl (C=O) groups excluding carboxylic acids is 1. The summed E-state index contributed by atoms with van der Waals surface area (Å²) in [5.41, 5.74) is 0.638. The lowest BCUT2D eigenvalue weighted by Crippen LogP contribution is -2.34. The van der Waals surface area contributed by atoms with Crippen LogP contribution in [0.4, 0.5) is 0 Å². The fraction of sp³-hybridized carbons (Fsp3) is 0.417. The van der Waals surface area contributed by atoms with Gasteiger partial charge in [-0.2, -0.15) is 0 Å². The molecule has 1 amide bonds. The Bertz CT molecular complexity index is 378. The molecule has 0 aliphatic rings. The number of benzene rings is 1. The highest BCUT2D eigenvalue weighted by atomic mass is 79.9. The van der Waals surface area contributed by atoms with Crippen LogP contribution in [0.3, 0.4) is 0 Å². The maximum atomic E-state index is 12.0. The summed E-state index contributed by atoms with van der Waals surface area (Å²) in [6.45, 7) is 2.04. The molecule has 94 valence electrons. The molecule has 0 saturated heterocycles. The van der Waals surface area contributed by atoms with E-state index in [1.54, 1.807) is 12.1 Å². The summed E-state index contributed by atoms with van der Waals surface area (Å²) in [6, 6.07) is 5.63. The second kappa shape index (κ2) is 7.39. The molecule has 0 aliphatic carbocycles. The molecular formula is C12H14Br2ClNO. The van der Waals surface area contributed by atoms with Crippen LogP contribution in [-0.2, 0) is 0 Å². The first-order valence-corrected chi connectivity index (χ1v) is 7.51. The number of alkyl halides is 1. The number of halogens is 3. The quantitative estimate of drug-likeness (QED) is 0.753. The van der Waals surface area contributed by atoms with Gasteiger partial charge in [0.05, 0.1) is 0 Å². The molecule has 0 aliphatic heterocycles. The number of amides is 1. The first-order chi connectivity index (χ1) is 8.06. The monoisotopic (exact) mass is 381 g/mol. The summed E-state index contributed by atoms with van der Waals surface area (Å²) in [5.74, 6) is 0.491. The van der Waals surface area contributed by atoms with Gasteiger partial charge in [-0.1, -0.05) is 38.8 Å². The zero-order valence-electron chi connectivity index (χ0n) is 9.47. The van der Waals surface area contributed by atoms with Crippen LogP contribution in [-0.4, -0.2) is 17.8 Å². The zero-order valence-corrected chi connectivity index (χ0v) is 13.4. The van der Waals surface area contributed by atoms with Crippen LogP contribution in [0.1, 0.15) is 30.1 Å². The van der Waals surface area contributed by atoms with Crippen molar-refractivity contribution in [1.82, 2.24) is 5.32 Å². The minimum absolute atomic E-state index is 0.0658. The molecule has 5 heteroatoms. The molecule has 0 saturated carbocycles. The van der Waals surface area contributed by atoms with E-state index in [1.165, 1.54) is 0 Å². The molecule has 0 aromatic heterocycles. The van der Waals surface area contributed by atoms with Gasteiger partial charge in [-0.05, 0) is 31.0 Å². The Labute approximate surface area is 123 Å². The van der Waals surface area contributed by atoms with Crippen molar-refractivity contribution in [3.05, 3.63) is 32.7 Å². The van der Waals surface area contributed by atoms with Crippen LogP contribution in [0, 0.1) is 0 Å². The molecule has 1 rings (SSSR count). The second-order valence-electron chi connectivity index (χ2n) is 3.71. The molecule has 0 heterocycles. The summed E-state index contributed by atoms with van der Waals surface area (Å²) >= 11 is 12.4. The summed E-state index contributed by atoms with van der Waals surface area (Å²) in [4.78, 5) is 12.0. The van der Waals surface area contributed by atoms with Crippen LogP contribution >= 0.6 is 43.5 Å². The highest BCUT2D eigenvalue weighted by Crippen LogP contribution is 2.20. The lowest BCUT2D eigenvalue weighted by atomic mass is 10.1. The van der Waals surface area contributed by atoms with E-state index in [0.717, 1.165) is 21.8 Å². The van der Waals surface area contributed by atoms with Crippen molar-refractivity contribution in [2.45, 2.75) is 25.8 Å². The van der Waals surface area contributed by atoms with Crippen molar-refractivity contribution < 1.29 is 4.79 Å². The maximum absolute atomic E-state index is 12.0. The normalized spacial score (nSPS) is 12.2. The Kier molecular flexibility index (Phi) is 6.52. The third kappa shape index (κ3) is 4.98. The molecule has 17 heavy (non-hydrogen) atoms. The van der Waals surface area contributed by atoms with Crippen LogP contribution in [0.25, 0.3) is 0 Å². The molecule has 1 aromatic carbocycles. The fourth-order valence-electron chi connectivity index (χ4n) is 1.46. The number of hydrogen-bond donors (Lipinski definition) is 1. The van der Waals surface area contributed by atoms with Gasteiger partial charge >= 0.3 is 0 Å². The third-order valence-corrected chi connectivity index (χ3v) is 3.54. The highest BCUT2D eigenvalue weighted by molar-refractivity contribution is 9.11. The first-order valence-electron chi connectivity index (χ1n) is 5.39. The molecule has 1 unspecified atom stereocenters. The number of nitrogens with one attached hydrogen (secondary N) is 1. The van der Waals surface area contributed by atoms with E-state index < -0.39 is 0 Å². The van der Waals surface area contributed by atoms with Gasteiger partial charge in [0.25, 0.3) is 5.91 Å². The Morgan fingerprint density at radius 1 is 1.35 bits per heavy atom. The van der Waals surface area contributed by atoms with Crippen LogP contribution < -0.4 is 5.32 Å². The summed E-state index contributed by atoms with van der Waals surface area (Å²) < 4.78 is 1.75. The van der Waals surface area contributed by atoms with Crippen LogP contribution in [0.15, 0.2) is 27.1 Å². The Morgan fingerprint density at radius 2 is 1.94 bits per heavy atom. The Hall–Kier alpha value is -0.0600. The molecule has 1 atom stereocenters. The molecule has 0 radical (unpaired) electrons. The molecule has 1 N–H and O–H groups in total. The minimum Gasteiger partial charge on any atom is -0.349 e. The predicted octanol–water partition coefficient (Wildman–Crippen LogP) is 4.35. The average molecular weight is 384 g/mol. The summed E-state index contributed by atoms with van der Waals surface area (Å²) in [7, 11) is 0. The van der Waals surface area contributed by atoms with Gasteiger partial charge in [-0.3, -0.25) is 4.79 Å². The van der Waals surface area contributed by atoms with Gasteiger partial charge in [0, 0.05) is 26.4 Å². The van der Waals surface area contributed by atoms with Crippen molar-refractivity contribution in [1.29, 1.82) is 0 Å². The third-order valence-electron chi connectivity index (χ3n) is 2.41. The van der Waals surface area contributed by atoms with Crippen LogP contribution in [0.2, 0.25) is 0 Å². The van der Waals surface area contributed by atoms with Gasteiger partial charge in [0.1, 0.15) is 0 Å². The van der Waals surface area contributed by atoms with Crippen molar-refractivity contribution in [3.8, 4) is 0 Å². The Morgan fingerprint density at radius 3 is 2.41 bits per heavy atom. The largest absolute Gasteiger partial charge is 0.349 e. The molecule has 0 spiro atoms. The SMILES string of the molecule is CCC(CCCl)NC(=O)c1cc(Br)cc(Br)c1. The molecule has 1 aromatic rings. The van der Waals surface area contributed by atoms with Crippen LogP contribution in [0.5, 0.6) is 0 Å². The zero-order chi connectivity index (χ0) is 12.8. The molecular weight excluding hydrogens is 369 g/mol. The highest BCUT2D eigenvalue weighted by Gasteiger charge is 2.12. The van der Waals surface area contributed by atoms with Gasteiger partial charge < -0.3 is 5.32 Å². The average Bonchev–Trinajstić information content (AvgIpc) is 2.27.